The molecule has 1 radical (unpaired) electrons. The summed E-state index contributed by atoms with van der Waals surface area (Å²) in [5.74, 6) is 0. The van der Waals surface area contributed by atoms with E-state index >= 15 is 0 Å². The molecule has 1 unspecified atom stereocenters. The molecule has 0 heterocycles. The maximum Gasteiger partial charge on any atom is 0.0330 e. The third-order valence-corrected chi connectivity index (χ3v) is 2.63. The number of nitrogens with two attached hydrogens (primary N) is 1. The van der Waals surface area contributed by atoms with E-state index in [0.29, 0.717) is 0 Å². The van der Waals surface area contributed by atoms with E-state index in [2.05, 4.69) is 42.8 Å². The van der Waals surface area contributed by atoms with Gasteiger partial charge in [0.25, 0.3) is 0 Å². The van der Waals surface area contributed by atoms with E-state index in [1.165, 1.54) is 11.1 Å². The zero-order valence-corrected chi connectivity index (χ0v) is 9.21. The number of benzene rings is 2. The molecule has 0 amide bonds. The monoisotopic (exact) mass is 210 g/mol. The highest BCUT2D eigenvalue weighted by atomic mass is 14.6. The average Bonchev–Trinajstić information content (AvgIpc) is 2.38. The van der Waals surface area contributed by atoms with Gasteiger partial charge in [-0.05, 0) is 24.0 Å². The van der Waals surface area contributed by atoms with Gasteiger partial charge >= 0.3 is 0 Å². The van der Waals surface area contributed by atoms with Gasteiger partial charge in [-0.25, -0.2) is 0 Å². The lowest BCUT2D eigenvalue weighted by Crippen LogP contribution is -2.11. The van der Waals surface area contributed by atoms with Crippen LogP contribution in [0.15, 0.2) is 60.7 Å². The molecule has 1 atom stereocenters. The summed E-state index contributed by atoms with van der Waals surface area (Å²) in [6, 6.07) is 20.6. The second-order valence-corrected chi connectivity index (χ2v) is 3.86. The highest BCUT2D eigenvalue weighted by molar-refractivity contribution is 5.23. The Morgan fingerprint density at radius 1 is 0.875 bits per heavy atom. The van der Waals surface area contributed by atoms with Crippen molar-refractivity contribution in [1.82, 2.24) is 0 Å². The summed E-state index contributed by atoms with van der Waals surface area (Å²) < 4.78 is 0. The largest absolute Gasteiger partial charge is 0.324 e. The lowest BCUT2D eigenvalue weighted by molar-refractivity contribution is 0.803. The van der Waals surface area contributed by atoms with Crippen LogP contribution in [-0.4, -0.2) is 0 Å². The molecule has 2 aromatic carbocycles. The Balaban J connectivity index is 1.92. The summed E-state index contributed by atoms with van der Waals surface area (Å²) in [5.41, 5.74) is 8.55. The molecule has 0 spiro atoms. The van der Waals surface area contributed by atoms with E-state index in [1.54, 1.807) is 0 Å². The predicted molar refractivity (Wildman–Crippen MR) is 67.8 cm³/mol. The summed E-state index contributed by atoms with van der Waals surface area (Å²) in [6.45, 7) is 0. The Labute approximate surface area is 96.9 Å². The maximum atomic E-state index is 6.09. The van der Waals surface area contributed by atoms with Gasteiger partial charge in [-0.15, -0.1) is 0 Å². The molecule has 0 bridgehead atoms. The zero-order chi connectivity index (χ0) is 11.2. The Morgan fingerprint density at radius 3 is 2.06 bits per heavy atom. The molecule has 0 aliphatic carbocycles. The van der Waals surface area contributed by atoms with Crippen molar-refractivity contribution in [3.05, 3.63) is 78.2 Å². The van der Waals surface area contributed by atoms with Crippen molar-refractivity contribution < 1.29 is 0 Å². The van der Waals surface area contributed by atoms with Crippen LogP contribution in [0.1, 0.15) is 17.2 Å². The zero-order valence-electron chi connectivity index (χ0n) is 9.21. The van der Waals surface area contributed by atoms with Crippen LogP contribution < -0.4 is 5.73 Å². The van der Waals surface area contributed by atoms with E-state index in [0.717, 1.165) is 6.42 Å². The van der Waals surface area contributed by atoms with E-state index in [9.17, 15) is 0 Å². The molecule has 0 saturated heterocycles. The third kappa shape index (κ3) is 2.94. The van der Waals surface area contributed by atoms with E-state index in [1.807, 2.05) is 24.3 Å². The van der Waals surface area contributed by atoms with E-state index in [-0.39, 0.29) is 6.04 Å². The van der Waals surface area contributed by atoms with E-state index < -0.39 is 0 Å². The van der Waals surface area contributed by atoms with Gasteiger partial charge in [-0.3, -0.25) is 0 Å². The van der Waals surface area contributed by atoms with Crippen molar-refractivity contribution in [3.63, 3.8) is 0 Å². The van der Waals surface area contributed by atoms with Gasteiger partial charge in [0.15, 0.2) is 0 Å². The first kappa shape index (κ1) is 10.9. The molecule has 0 fully saturated rings. The van der Waals surface area contributed by atoms with Crippen LogP contribution in [0.3, 0.4) is 0 Å². The van der Waals surface area contributed by atoms with Crippen LogP contribution in [0, 0.1) is 6.42 Å². The van der Waals surface area contributed by atoms with Crippen molar-refractivity contribution in [3.8, 4) is 0 Å². The van der Waals surface area contributed by atoms with Crippen molar-refractivity contribution in [1.29, 1.82) is 0 Å². The molecule has 2 aromatic rings. The Kier molecular flexibility index (Phi) is 3.73. The highest BCUT2D eigenvalue weighted by Crippen LogP contribution is 2.15. The van der Waals surface area contributed by atoms with E-state index in [4.69, 9.17) is 5.73 Å². The van der Waals surface area contributed by atoms with Crippen molar-refractivity contribution in [2.24, 2.45) is 5.73 Å². The molecular weight excluding hydrogens is 194 g/mol. The molecule has 2 rings (SSSR count). The Morgan fingerprint density at radius 2 is 1.44 bits per heavy atom. The second-order valence-electron chi connectivity index (χ2n) is 3.86. The van der Waals surface area contributed by atoms with Gasteiger partial charge in [-0.2, -0.15) is 0 Å². The van der Waals surface area contributed by atoms with Gasteiger partial charge in [0.2, 0.25) is 0 Å². The summed E-state index contributed by atoms with van der Waals surface area (Å²) in [6.07, 6.45) is 3.06. The Bertz CT molecular complexity index is 408. The molecular formula is C15H16N. The minimum Gasteiger partial charge on any atom is -0.324 e. The van der Waals surface area contributed by atoms with Gasteiger partial charge in [0, 0.05) is 6.04 Å². The first-order valence-corrected chi connectivity index (χ1v) is 5.54. The fourth-order valence-electron chi connectivity index (χ4n) is 1.69. The van der Waals surface area contributed by atoms with Crippen LogP contribution >= 0.6 is 0 Å². The minimum absolute atomic E-state index is 0.0152. The first-order chi connectivity index (χ1) is 7.86. The normalized spacial score (nSPS) is 12.3. The van der Waals surface area contributed by atoms with Crippen LogP contribution in [0.4, 0.5) is 0 Å². The second kappa shape index (κ2) is 5.47. The number of hydrogen-bond acceptors (Lipinski definition) is 1. The molecule has 0 aromatic heterocycles. The fourth-order valence-corrected chi connectivity index (χ4v) is 1.69. The van der Waals surface area contributed by atoms with Crippen molar-refractivity contribution in [2.75, 3.05) is 0 Å². The molecule has 16 heavy (non-hydrogen) atoms. The minimum atomic E-state index is 0.0152. The summed E-state index contributed by atoms with van der Waals surface area (Å²) in [5, 5.41) is 0. The summed E-state index contributed by atoms with van der Waals surface area (Å²) >= 11 is 0. The van der Waals surface area contributed by atoms with Crippen LogP contribution in [0.25, 0.3) is 0 Å². The number of rotatable bonds is 4. The van der Waals surface area contributed by atoms with Crippen LogP contribution in [-0.2, 0) is 6.42 Å². The molecule has 2 N–H and O–H groups in total. The van der Waals surface area contributed by atoms with Gasteiger partial charge in [0.05, 0.1) is 0 Å². The van der Waals surface area contributed by atoms with Gasteiger partial charge < -0.3 is 5.73 Å². The molecule has 0 saturated carbocycles. The maximum absolute atomic E-state index is 6.09. The van der Waals surface area contributed by atoms with Gasteiger partial charge in [0.1, 0.15) is 0 Å². The number of hydrogen-bond donors (Lipinski definition) is 1. The highest BCUT2D eigenvalue weighted by Gasteiger charge is 2.05. The lowest BCUT2D eigenvalue weighted by atomic mass is 10.00. The molecule has 0 aliphatic heterocycles. The average molecular weight is 210 g/mol. The predicted octanol–water partition coefficient (Wildman–Crippen LogP) is 3.13. The topological polar surface area (TPSA) is 26.0 Å². The summed E-state index contributed by atoms with van der Waals surface area (Å²) in [7, 11) is 0. The molecule has 0 aliphatic rings. The molecule has 81 valence electrons. The molecule has 1 nitrogen and oxygen atoms in total. The molecule has 1 heteroatoms. The Hall–Kier alpha value is -1.60. The first-order valence-electron chi connectivity index (χ1n) is 5.54. The standard InChI is InChI=1S/C15H16N/c16-15(14-9-5-2-6-10-14)12-11-13-7-3-1-4-8-13/h1-10,12,15H,11,16H2. The third-order valence-electron chi connectivity index (χ3n) is 2.63. The lowest BCUT2D eigenvalue weighted by Gasteiger charge is -2.11. The van der Waals surface area contributed by atoms with Gasteiger partial charge in [-0.1, -0.05) is 60.7 Å². The smallest absolute Gasteiger partial charge is 0.0330 e. The fraction of sp³-hybridized carbons (Fsp3) is 0.133. The van der Waals surface area contributed by atoms with Crippen LogP contribution in [0.5, 0.6) is 0 Å². The van der Waals surface area contributed by atoms with Crippen molar-refractivity contribution >= 4 is 0 Å². The summed E-state index contributed by atoms with van der Waals surface area (Å²) in [4.78, 5) is 0. The van der Waals surface area contributed by atoms with Crippen LogP contribution in [0.2, 0.25) is 0 Å². The van der Waals surface area contributed by atoms with Crippen molar-refractivity contribution in [2.45, 2.75) is 12.5 Å². The SMILES string of the molecule is NC([CH]Cc1ccccc1)c1ccccc1. The quantitative estimate of drug-likeness (QED) is 0.824.